The SMILES string of the molecule is NC(=O)C1C[N+](Cc2ccco2)(C(=O)C(c2ccccc2)c2ccccc2)CCN1S(=O)(=O)c1ccccc1. The van der Waals surface area contributed by atoms with Crippen LogP contribution < -0.4 is 5.73 Å². The summed E-state index contributed by atoms with van der Waals surface area (Å²) in [6.07, 6.45) is 1.53. The zero-order valence-electron chi connectivity index (χ0n) is 21.3. The Bertz CT molecular complexity index is 1490. The van der Waals surface area contributed by atoms with E-state index in [0.29, 0.717) is 5.76 Å². The molecule has 0 radical (unpaired) electrons. The molecule has 2 unspecified atom stereocenters. The molecule has 1 aliphatic rings. The van der Waals surface area contributed by atoms with E-state index >= 15 is 0 Å². The molecule has 1 aliphatic heterocycles. The van der Waals surface area contributed by atoms with Crippen LogP contribution in [-0.2, 0) is 26.2 Å². The maximum Gasteiger partial charge on any atom is 0.326 e. The molecule has 2 heterocycles. The van der Waals surface area contributed by atoms with Crippen LogP contribution >= 0.6 is 0 Å². The van der Waals surface area contributed by atoms with Gasteiger partial charge in [-0.1, -0.05) is 78.9 Å². The fourth-order valence-electron chi connectivity index (χ4n) is 5.37. The smallest absolute Gasteiger partial charge is 0.326 e. The summed E-state index contributed by atoms with van der Waals surface area (Å²) >= 11 is 0. The minimum absolute atomic E-state index is 0.0619. The molecular weight excluding hydrogens is 514 g/mol. The first-order valence-corrected chi connectivity index (χ1v) is 14.1. The first kappa shape index (κ1) is 26.6. The van der Waals surface area contributed by atoms with Crippen LogP contribution in [0.3, 0.4) is 0 Å². The zero-order chi connectivity index (χ0) is 27.5. The highest BCUT2D eigenvalue weighted by Gasteiger charge is 2.52. The third kappa shape index (κ3) is 5.29. The molecule has 0 aliphatic carbocycles. The third-order valence-electron chi connectivity index (χ3n) is 7.32. The van der Waals surface area contributed by atoms with Gasteiger partial charge in [-0.05, 0) is 35.4 Å². The van der Waals surface area contributed by atoms with Crippen LogP contribution in [0.25, 0.3) is 0 Å². The van der Waals surface area contributed by atoms with E-state index in [4.69, 9.17) is 10.2 Å². The van der Waals surface area contributed by atoms with Crippen molar-refractivity contribution in [2.75, 3.05) is 19.6 Å². The highest BCUT2D eigenvalue weighted by molar-refractivity contribution is 7.89. The maximum atomic E-state index is 14.8. The number of amides is 2. The molecule has 2 amide bonds. The Morgan fingerprint density at radius 3 is 1.95 bits per heavy atom. The predicted octanol–water partition coefficient (Wildman–Crippen LogP) is 3.51. The molecular formula is C30H30N3O5S+. The summed E-state index contributed by atoms with van der Waals surface area (Å²) in [7, 11) is -4.03. The fraction of sp³-hybridized carbons (Fsp3) is 0.200. The van der Waals surface area contributed by atoms with Crippen LogP contribution in [0.4, 0.5) is 0 Å². The van der Waals surface area contributed by atoms with Gasteiger partial charge in [-0.2, -0.15) is 4.31 Å². The summed E-state index contributed by atoms with van der Waals surface area (Å²) in [6.45, 7) is 0.126. The minimum Gasteiger partial charge on any atom is -0.463 e. The Morgan fingerprint density at radius 2 is 1.44 bits per heavy atom. The molecule has 0 bridgehead atoms. The topological polar surface area (TPSA) is 111 Å². The van der Waals surface area contributed by atoms with Gasteiger partial charge in [-0.15, -0.1) is 0 Å². The number of benzene rings is 3. The highest BCUT2D eigenvalue weighted by Crippen LogP contribution is 2.35. The second kappa shape index (κ2) is 11.0. The van der Waals surface area contributed by atoms with Gasteiger partial charge in [0.2, 0.25) is 15.9 Å². The number of carbonyl (C=O) groups excluding carboxylic acids is 2. The number of sulfonamides is 1. The molecule has 1 saturated heterocycles. The number of piperazine rings is 1. The van der Waals surface area contributed by atoms with E-state index in [0.717, 1.165) is 15.4 Å². The molecule has 0 saturated carbocycles. The van der Waals surface area contributed by atoms with Gasteiger partial charge < -0.3 is 10.2 Å². The number of quaternary nitrogens is 1. The number of nitrogens with zero attached hydrogens (tertiary/aromatic N) is 2. The summed E-state index contributed by atoms with van der Waals surface area (Å²) in [5, 5.41) is 0. The summed E-state index contributed by atoms with van der Waals surface area (Å²) < 4.78 is 33.8. The fourth-order valence-corrected chi connectivity index (χ4v) is 6.97. The van der Waals surface area contributed by atoms with Crippen molar-refractivity contribution in [2.45, 2.75) is 23.4 Å². The van der Waals surface area contributed by atoms with Crippen LogP contribution in [0, 0.1) is 0 Å². The average Bonchev–Trinajstić information content (AvgIpc) is 3.47. The number of nitrogens with two attached hydrogens (primary N) is 1. The molecule has 4 aromatic rings. The van der Waals surface area contributed by atoms with Crippen molar-refractivity contribution in [3.8, 4) is 0 Å². The summed E-state index contributed by atoms with van der Waals surface area (Å²) in [6, 6.07) is 29.1. The number of hydrogen-bond acceptors (Lipinski definition) is 5. The lowest BCUT2D eigenvalue weighted by atomic mass is 9.88. The first-order valence-electron chi connectivity index (χ1n) is 12.7. The van der Waals surface area contributed by atoms with Crippen molar-refractivity contribution in [3.05, 3.63) is 126 Å². The number of primary amides is 1. The van der Waals surface area contributed by atoms with Crippen molar-refractivity contribution in [1.29, 1.82) is 0 Å². The molecule has 39 heavy (non-hydrogen) atoms. The molecule has 2 atom stereocenters. The standard InChI is InChI=1S/C30H29N3O5S/c31-29(34)27-22-33(21-25-15-10-20-38-25,19-18-32(27)39(36,37)26-16-8-3-9-17-26)30(35)28(23-11-4-1-5-12-23)24-13-6-2-7-14-24/h1-17,20,27-28H,18-19,21-22H2,(H-,31,34)/p+1. The van der Waals surface area contributed by atoms with E-state index in [1.165, 1.54) is 18.4 Å². The maximum absolute atomic E-state index is 14.8. The van der Waals surface area contributed by atoms with Gasteiger partial charge in [0, 0.05) is 0 Å². The first-order chi connectivity index (χ1) is 18.8. The van der Waals surface area contributed by atoms with Gasteiger partial charge in [-0.3, -0.25) is 9.28 Å². The van der Waals surface area contributed by atoms with Gasteiger partial charge in [0.05, 0.1) is 17.7 Å². The van der Waals surface area contributed by atoms with Crippen molar-refractivity contribution in [2.24, 2.45) is 5.73 Å². The third-order valence-corrected chi connectivity index (χ3v) is 9.24. The quantitative estimate of drug-likeness (QED) is 0.341. The molecule has 0 spiro atoms. The normalized spacial score (nSPS) is 20.1. The van der Waals surface area contributed by atoms with Crippen molar-refractivity contribution >= 4 is 21.8 Å². The molecule has 3 aromatic carbocycles. The van der Waals surface area contributed by atoms with Gasteiger partial charge in [0.1, 0.15) is 25.6 Å². The molecule has 9 heteroatoms. The molecule has 200 valence electrons. The lowest BCUT2D eigenvalue weighted by Gasteiger charge is -2.46. The largest absolute Gasteiger partial charge is 0.463 e. The second-order valence-corrected chi connectivity index (χ2v) is 11.6. The number of carbonyl (C=O) groups is 2. The number of rotatable bonds is 8. The summed E-state index contributed by atoms with van der Waals surface area (Å²) in [5.41, 5.74) is 7.45. The Kier molecular flexibility index (Phi) is 7.47. The van der Waals surface area contributed by atoms with E-state index in [2.05, 4.69) is 0 Å². The number of hydrogen-bond donors (Lipinski definition) is 1. The van der Waals surface area contributed by atoms with Crippen molar-refractivity contribution < 1.29 is 26.9 Å². The van der Waals surface area contributed by atoms with Crippen LogP contribution in [0.1, 0.15) is 22.8 Å². The van der Waals surface area contributed by atoms with Crippen LogP contribution in [0.2, 0.25) is 0 Å². The van der Waals surface area contributed by atoms with E-state index in [9.17, 15) is 18.0 Å². The van der Waals surface area contributed by atoms with Crippen molar-refractivity contribution in [1.82, 2.24) is 4.31 Å². The van der Waals surface area contributed by atoms with Gasteiger partial charge in [0.25, 0.3) is 0 Å². The van der Waals surface area contributed by atoms with Gasteiger partial charge in [-0.25, -0.2) is 13.2 Å². The average molecular weight is 545 g/mol. The van der Waals surface area contributed by atoms with E-state index < -0.39 is 27.9 Å². The van der Waals surface area contributed by atoms with E-state index in [-0.39, 0.29) is 41.5 Å². The second-order valence-electron chi connectivity index (χ2n) is 9.73. The van der Waals surface area contributed by atoms with E-state index in [1.54, 1.807) is 30.3 Å². The molecule has 5 rings (SSSR count). The predicted molar refractivity (Wildman–Crippen MR) is 145 cm³/mol. The highest BCUT2D eigenvalue weighted by atomic mass is 32.2. The van der Waals surface area contributed by atoms with E-state index in [1.807, 2.05) is 60.7 Å². The Labute approximate surface area is 227 Å². The van der Waals surface area contributed by atoms with Crippen molar-refractivity contribution in [3.63, 3.8) is 0 Å². The number of furan rings is 1. The van der Waals surface area contributed by atoms with Gasteiger partial charge >= 0.3 is 5.91 Å². The zero-order valence-corrected chi connectivity index (χ0v) is 22.1. The van der Waals surface area contributed by atoms with Gasteiger partial charge in [0.15, 0.2) is 11.8 Å². The minimum atomic E-state index is -4.03. The Balaban J connectivity index is 1.60. The lowest BCUT2D eigenvalue weighted by molar-refractivity contribution is -0.875. The van der Waals surface area contributed by atoms with Crippen LogP contribution in [0.5, 0.6) is 0 Å². The Hall–Kier alpha value is -4.05. The molecule has 2 N–H and O–H groups in total. The Morgan fingerprint density at radius 1 is 0.872 bits per heavy atom. The summed E-state index contributed by atoms with van der Waals surface area (Å²) in [5.74, 6) is -1.05. The molecule has 8 nitrogen and oxygen atoms in total. The van der Waals surface area contributed by atoms with Crippen LogP contribution in [-0.4, -0.2) is 54.7 Å². The molecule has 1 aromatic heterocycles. The molecule has 1 fully saturated rings. The van der Waals surface area contributed by atoms with Crippen LogP contribution in [0.15, 0.2) is 119 Å². The summed E-state index contributed by atoms with van der Waals surface area (Å²) in [4.78, 5) is 27.7. The monoisotopic (exact) mass is 544 g/mol. The lowest BCUT2D eigenvalue weighted by Crippen LogP contribution is -2.69.